The van der Waals surface area contributed by atoms with E-state index in [1.165, 1.54) is 32.5 Å². The molecule has 1 aliphatic rings. The molecule has 1 saturated heterocycles. The number of anilines is 1. The summed E-state index contributed by atoms with van der Waals surface area (Å²) in [5.41, 5.74) is 1.77. The SMILES string of the molecule is COc1ccccc1-c1csc(NC(=O)c2cc(S(=O)(=O)N3CCCC3)cn2C)n1. The van der Waals surface area contributed by atoms with E-state index in [2.05, 4.69) is 10.3 Å². The minimum absolute atomic E-state index is 0.130. The molecule has 0 unspecified atom stereocenters. The first-order valence-corrected chi connectivity index (χ1v) is 11.8. The van der Waals surface area contributed by atoms with E-state index in [1.807, 2.05) is 29.6 Å². The summed E-state index contributed by atoms with van der Waals surface area (Å²) in [6, 6.07) is 8.92. The number of aryl methyl sites for hydroxylation is 1. The van der Waals surface area contributed by atoms with Crippen molar-refractivity contribution in [2.75, 3.05) is 25.5 Å². The first kappa shape index (κ1) is 20.6. The molecular formula is C20H22N4O4S2. The van der Waals surface area contributed by atoms with Gasteiger partial charge < -0.3 is 9.30 Å². The van der Waals surface area contributed by atoms with Crippen molar-refractivity contribution in [3.63, 3.8) is 0 Å². The second-order valence-corrected chi connectivity index (χ2v) is 9.77. The number of carbonyl (C=O) groups excluding carboxylic acids is 1. The number of sulfonamides is 1. The van der Waals surface area contributed by atoms with Crippen molar-refractivity contribution in [2.45, 2.75) is 17.7 Å². The van der Waals surface area contributed by atoms with Gasteiger partial charge in [0.25, 0.3) is 5.91 Å². The number of para-hydroxylation sites is 1. The number of ether oxygens (including phenoxy) is 1. The highest BCUT2D eigenvalue weighted by Gasteiger charge is 2.29. The zero-order valence-corrected chi connectivity index (χ0v) is 18.3. The van der Waals surface area contributed by atoms with Crippen LogP contribution in [-0.4, -0.2) is 48.4 Å². The highest BCUT2D eigenvalue weighted by molar-refractivity contribution is 7.89. The average Bonchev–Trinajstić information content (AvgIpc) is 3.49. The quantitative estimate of drug-likeness (QED) is 0.628. The maximum atomic E-state index is 12.8. The number of rotatable bonds is 6. The van der Waals surface area contributed by atoms with Gasteiger partial charge in [0, 0.05) is 37.3 Å². The third-order valence-corrected chi connectivity index (χ3v) is 7.64. The van der Waals surface area contributed by atoms with E-state index in [9.17, 15) is 13.2 Å². The maximum absolute atomic E-state index is 12.8. The Labute approximate surface area is 179 Å². The van der Waals surface area contributed by atoms with Crippen LogP contribution in [0, 0.1) is 0 Å². The van der Waals surface area contributed by atoms with Crippen molar-refractivity contribution in [1.82, 2.24) is 13.9 Å². The van der Waals surface area contributed by atoms with Crippen molar-refractivity contribution in [1.29, 1.82) is 0 Å². The van der Waals surface area contributed by atoms with Crippen LogP contribution < -0.4 is 10.1 Å². The number of carbonyl (C=O) groups is 1. The summed E-state index contributed by atoms with van der Waals surface area (Å²) in [7, 11) is -0.334. The molecule has 0 saturated carbocycles. The summed E-state index contributed by atoms with van der Waals surface area (Å²) < 4.78 is 33.9. The number of hydrogen-bond donors (Lipinski definition) is 1. The number of nitrogens with one attached hydrogen (secondary N) is 1. The lowest BCUT2D eigenvalue weighted by Gasteiger charge is -2.13. The molecule has 3 heterocycles. The fourth-order valence-corrected chi connectivity index (χ4v) is 5.75. The number of amides is 1. The summed E-state index contributed by atoms with van der Waals surface area (Å²) in [5.74, 6) is 0.279. The Bertz CT molecular complexity index is 1180. The maximum Gasteiger partial charge on any atom is 0.274 e. The van der Waals surface area contributed by atoms with Crippen LogP contribution in [0.5, 0.6) is 5.75 Å². The van der Waals surface area contributed by atoms with Gasteiger partial charge in [-0.05, 0) is 31.0 Å². The fraction of sp³-hybridized carbons (Fsp3) is 0.300. The summed E-state index contributed by atoms with van der Waals surface area (Å²) in [6.45, 7) is 1.03. The topological polar surface area (TPSA) is 93.5 Å². The molecule has 0 radical (unpaired) electrons. The second-order valence-electron chi connectivity index (χ2n) is 6.98. The van der Waals surface area contributed by atoms with Gasteiger partial charge in [-0.1, -0.05) is 12.1 Å². The zero-order valence-electron chi connectivity index (χ0n) is 16.7. The third kappa shape index (κ3) is 3.85. The monoisotopic (exact) mass is 446 g/mol. The minimum atomic E-state index is -3.58. The van der Waals surface area contributed by atoms with Gasteiger partial charge in [0.1, 0.15) is 16.3 Å². The van der Waals surface area contributed by atoms with Crippen LogP contribution in [0.4, 0.5) is 5.13 Å². The molecule has 10 heteroatoms. The van der Waals surface area contributed by atoms with E-state index in [-0.39, 0.29) is 10.6 Å². The fourth-order valence-electron chi connectivity index (χ4n) is 3.45. The Morgan fingerprint density at radius 1 is 1.23 bits per heavy atom. The van der Waals surface area contributed by atoms with Gasteiger partial charge in [0.15, 0.2) is 5.13 Å². The van der Waals surface area contributed by atoms with E-state index < -0.39 is 15.9 Å². The van der Waals surface area contributed by atoms with Crippen molar-refractivity contribution in [3.8, 4) is 17.0 Å². The Morgan fingerprint density at radius 2 is 1.97 bits per heavy atom. The molecule has 1 fully saturated rings. The van der Waals surface area contributed by atoms with Gasteiger partial charge in [-0.25, -0.2) is 13.4 Å². The molecule has 2 aromatic heterocycles. The molecule has 1 N–H and O–H groups in total. The Hall–Kier alpha value is -2.69. The predicted molar refractivity (Wildman–Crippen MR) is 115 cm³/mol. The van der Waals surface area contributed by atoms with Gasteiger partial charge in [-0.15, -0.1) is 11.3 Å². The van der Waals surface area contributed by atoms with Crippen molar-refractivity contribution < 1.29 is 17.9 Å². The normalized spacial score (nSPS) is 14.7. The lowest BCUT2D eigenvalue weighted by molar-refractivity contribution is 0.101. The van der Waals surface area contributed by atoms with Crippen molar-refractivity contribution in [3.05, 3.63) is 47.6 Å². The summed E-state index contributed by atoms with van der Waals surface area (Å²) in [5, 5.41) is 5.02. The summed E-state index contributed by atoms with van der Waals surface area (Å²) in [6.07, 6.45) is 3.20. The largest absolute Gasteiger partial charge is 0.496 e. The number of methoxy groups -OCH3 is 1. The second kappa shape index (κ2) is 8.21. The molecule has 0 atom stereocenters. The van der Waals surface area contributed by atoms with Gasteiger partial charge in [0.05, 0.1) is 12.8 Å². The van der Waals surface area contributed by atoms with Crippen molar-refractivity contribution >= 4 is 32.4 Å². The number of aromatic nitrogens is 2. The Balaban J connectivity index is 1.54. The van der Waals surface area contributed by atoms with Crippen LogP contribution in [0.15, 0.2) is 46.8 Å². The molecule has 0 aliphatic carbocycles. The molecule has 1 aromatic carbocycles. The summed E-state index contributed by atoms with van der Waals surface area (Å²) >= 11 is 1.29. The van der Waals surface area contributed by atoms with E-state index in [4.69, 9.17) is 4.74 Å². The summed E-state index contributed by atoms with van der Waals surface area (Å²) in [4.78, 5) is 17.4. The van der Waals surface area contributed by atoms with Crippen LogP contribution in [-0.2, 0) is 17.1 Å². The van der Waals surface area contributed by atoms with Gasteiger partial charge in [-0.3, -0.25) is 10.1 Å². The minimum Gasteiger partial charge on any atom is -0.496 e. The third-order valence-electron chi connectivity index (χ3n) is 5.02. The smallest absolute Gasteiger partial charge is 0.274 e. The number of hydrogen-bond acceptors (Lipinski definition) is 6. The molecule has 158 valence electrons. The van der Waals surface area contributed by atoms with Gasteiger partial charge in [-0.2, -0.15) is 4.31 Å². The standard InChI is InChI=1S/C20H22N4O4S2/c1-23-12-14(30(26,27)24-9-5-6-10-24)11-17(23)19(25)22-20-21-16(13-29-20)15-7-3-4-8-18(15)28-2/h3-4,7-8,11-13H,5-6,9-10H2,1-2H3,(H,21,22,25). The van der Waals surface area contributed by atoms with E-state index in [0.717, 1.165) is 18.4 Å². The number of benzene rings is 1. The number of thiazole rings is 1. The van der Waals surface area contributed by atoms with Crippen LogP contribution in [0.1, 0.15) is 23.3 Å². The first-order chi connectivity index (χ1) is 14.4. The molecule has 30 heavy (non-hydrogen) atoms. The van der Waals surface area contributed by atoms with E-state index >= 15 is 0 Å². The van der Waals surface area contributed by atoms with Crippen LogP contribution in [0.25, 0.3) is 11.3 Å². The molecule has 0 spiro atoms. The Kier molecular flexibility index (Phi) is 5.63. The van der Waals surface area contributed by atoms with Crippen molar-refractivity contribution in [2.24, 2.45) is 7.05 Å². The lowest BCUT2D eigenvalue weighted by Crippen LogP contribution is -2.27. The molecule has 4 rings (SSSR count). The van der Waals surface area contributed by atoms with E-state index in [0.29, 0.717) is 29.7 Å². The van der Waals surface area contributed by atoms with Crippen LogP contribution in [0.3, 0.4) is 0 Å². The van der Waals surface area contributed by atoms with Gasteiger partial charge >= 0.3 is 0 Å². The average molecular weight is 447 g/mol. The molecule has 1 aliphatic heterocycles. The first-order valence-electron chi connectivity index (χ1n) is 9.47. The zero-order chi connectivity index (χ0) is 21.3. The van der Waals surface area contributed by atoms with Crippen LogP contribution in [0.2, 0.25) is 0 Å². The molecule has 3 aromatic rings. The number of nitrogens with zero attached hydrogens (tertiary/aromatic N) is 3. The molecule has 8 nitrogen and oxygen atoms in total. The molecular weight excluding hydrogens is 424 g/mol. The molecule has 1 amide bonds. The van der Waals surface area contributed by atoms with E-state index in [1.54, 1.807) is 14.2 Å². The lowest BCUT2D eigenvalue weighted by atomic mass is 10.1. The van der Waals surface area contributed by atoms with Gasteiger partial charge in [0.2, 0.25) is 10.0 Å². The predicted octanol–water partition coefficient (Wildman–Crippen LogP) is 3.19. The highest BCUT2D eigenvalue weighted by atomic mass is 32.2. The molecule has 0 bridgehead atoms. The Morgan fingerprint density at radius 3 is 2.70 bits per heavy atom. The highest BCUT2D eigenvalue weighted by Crippen LogP contribution is 2.32. The van der Waals surface area contributed by atoms with Crippen LogP contribution >= 0.6 is 11.3 Å².